The Morgan fingerprint density at radius 2 is 1.96 bits per heavy atom. The highest BCUT2D eigenvalue weighted by molar-refractivity contribution is 14.0. The van der Waals surface area contributed by atoms with E-state index in [9.17, 15) is 0 Å². The molecule has 0 radical (unpaired) electrons. The molecule has 3 rings (SSSR count). The van der Waals surface area contributed by atoms with E-state index in [1.807, 2.05) is 13.0 Å². The lowest BCUT2D eigenvalue weighted by Gasteiger charge is -2.26. The Balaban J connectivity index is 0.00000261. The molecule has 3 N–H and O–H groups in total. The minimum atomic E-state index is 0. The molecule has 154 valence electrons. The van der Waals surface area contributed by atoms with Crippen LogP contribution in [0.15, 0.2) is 21.5 Å². The van der Waals surface area contributed by atoms with Crippen LogP contribution in [-0.2, 0) is 4.74 Å². The van der Waals surface area contributed by atoms with E-state index < -0.39 is 0 Å². The normalized spacial score (nSPS) is 20.4. The van der Waals surface area contributed by atoms with Gasteiger partial charge in [-0.15, -0.1) is 24.0 Å². The number of likely N-dealkylation sites (tertiary alicyclic amines) is 1. The second kappa shape index (κ2) is 11.9. The molecular formula is C19H34IN5O2. The number of morpholine rings is 1. The quantitative estimate of drug-likeness (QED) is 0.251. The Kier molecular flexibility index (Phi) is 9.88. The number of aliphatic imine (C=N–C) groups is 1. The van der Waals surface area contributed by atoms with Crippen LogP contribution in [0.5, 0.6) is 0 Å². The summed E-state index contributed by atoms with van der Waals surface area (Å²) >= 11 is 0. The van der Waals surface area contributed by atoms with Gasteiger partial charge in [0.15, 0.2) is 5.96 Å². The number of furan rings is 1. The van der Waals surface area contributed by atoms with Crippen LogP contribution in [0.2, 0.25) is 0 Å². The Hall–Kier alpha value is -0.840. The highest BCUT2D eigenvalue weighted by Gasteiger charge is 2.25. The van der Waals surface area contributed by atoms with Crippen molar-refractivity contribution in [3.63, 3.8) is 0 Å². The van der Waals surface area contributed by atoms with Crippen molar-refractivity contribution in [3.8, 4) is 0 Å². The predicted molar refractivity (Wildman–Crippen MR) is 119 cm³/mol. The maximum absolute atomic E-state index is 6.08. The van der Waals surface area contributed by atoms with Crippen LogP contribution < -0.4 is 11.1 Å². The molecule has 3 heterocycles. The molecule has 7 nitrogen and oxygen atoms in total. The highest BCUT2D eigenvalue weighted by Crippen LogP contribution is 2.26. The Morgan fingerprint density at radius 1 is 1.22 bits per heavy atom. The Labute approximate surface area is 179 Å². The molecule has 0 aromatic carbocycles. The van der Waals surface area contributed by atoms with Crippen molar-refractivity contribution in [1.82, 2.24) is 15.1 Å². The molecule has 1 unspecified atom stereocenters. The maximum Gasteiger partial charge on any atom is 0.188 e. The van der Waals surface area contributed by atoms with Gasteiger partial charge < -0.3 is 20.2 Å². The van der Waals surface area contributed by atoms with Gasteiger partial charge in [0, 0.05) is 19.6 Å². The van der Waals surface area contributed by atoms with Gasteiger partial charge >= 0.3 is 0 Å². The van der Waals surface area contributed by atoms with Crippen molar-refractivity contribution < 1.29 is 9.15 Å². The number of nitrogens with two attached hydrogens (primary N) is 1. The van der Waals surface area contributed by atoms with E-state index in [-0.39, 0.29) is 30.0 Å². The van der Waals surface area contributed by atoms with Gasteiger partial charge in [-0.25, -0.2) is 0 Å². The van der Waals surface area contributed by atoms with E-state index in [2.05, 4.69) is 26.2 Å². The number of hydrogen-bond donors (Lipinski definition) is 2. The van der Waals surface area contributed by atoms with Crippen LogP contribution in [0.25, 0.3) is 0 Å². The molecule has 1 atom stereocenters. The predicted octanol–water partition coefficient (Wildman–Crippen LogP) is 1.97. The SMILES string of the molecule is Cc1ccc(C(CN=C(N)NCCCN2CCOCC2)N2CCCC2)o1.I. The van der Waals surface area contributed by atoms with Gasteiger partial charge in [-0.3, -0.25) is 14.8 Å². The molecule has 1 aromatic heterocycles. The lowest BCUT2D eigenvalue weighted by Crippen LogP contribution is -2.39. The second-order valence-corrected chi connectivity index (χ2v) is 7.17. The van der Waals surface area contributed by atoms with Crippen molar-refractivity contribution in [2.75, 3.05) is 59.0 Å². The summed E-state index contributed by atoms with van der Waals surface area (Å²) in [6.45, 7) is 10.5. The fourth-order valence-corrected chi connectivity index (χ4v) is 3.66. The number of ether oxygens (including phenoxy) is 1. The van der Waals surface area contributed by atoms with Crippen LogP contribution in [-0.4, -0.2) is 74.8 Å². The van der Waals surface area contributed by atoms with Crippen LogP contribution >= 0.6 is 24.0 Å². The number of aryl methyl sites for hydroxylation is 1. The molecule has 1 aromatic rings. The first kappa shape index (κ1) is 22.4. The standard InChI is InChI=1S/C19H33N5O2.HI/c1-16-5-6-18(26-16)17(24-9-2-3-10-24)15-22-19(20)21-7-4-8-23-11-13-25-14-12-23;/h5-6,17H,2-4,7-15H2,1H3,(H3,20,21,22);1H. The van der Waals surface area contributed by atoms with Gasteiger partial charge in [0.25, 0.3) is 0 Å². The molecule has 2 aliphatic heterocycles. The van der Waals surface area contributed by atoms with Gasteiger partial charge in [-0.2, -0.15) is 0 Å². The summed E-state index contributed by atoms with van der Waals surface area (Å²) < 4.78 is 11.2. The van der Waals surface area contributed by atoms with Gasteiger partial charge in [0.2, 0.25) is 0 Å². The van der Waals surface area contributed by atoms with Crippen molar-refractivity contribution >= 4 is 29.9 Å². The fourth-order valence-electron chi connectivity index (χ4n) is 3.66. The Morgan fingerprint density at radius 3 is 2.63 bits per heavy atom. The van der Waals surface area contributed by atoms with Crippen LogP contribution in [0.1, 0.15) is 36.8 Å². The minimum Gasteiger partial charge on any atom is -0.465 e. The third-order valence-electron chi connectivity index (χ3n) is 5.17. The molecular weight excluding hydrogens is 457 g/mol. The second-order valence-electron chi connectivity index (χ2n) is 7.17. The third kappa shape index (κ3) is 7.24. The van der Waals surface area contributed by atoms with Crippen molar-refractivity contribution in [2.24, 2.45) is 10.7 Å². The fraction of sp³-hybridized carbons (Fsp3) is 0.737. The number of nitrogens with zero attached hydrogens (tertiary/aromatic N) is 3. The largest absolute Gasteiger partial charge is 0.465 e. The highest BCUT2D eigenvalue weighted by atomic mass is 127. The monoisotopic (exact) mass is 491 g/mol. The average Bonchev–Trinajstić information content (AvgIpc) is 3.32. The van der Waals surface area contributed by atoms with Crippen LogP contribution in [0.3, 0.4) is 0 Å². The number of nitrogens with one attached hydrogen (secondary N) is 1. The zero-order valence-corrected chi connectivity index (χ0v) is 18.7. The molecule has 0 amide bonds. The van der Waals surface area contributed by atoms with Gasteiger partial charge in [-0.1, -0.05) is 0 Å². The lowest BCUT2D eigenvalue weighted by molar-refractivity contribution is 0.0376. The summed E-state index contributed by atoms with van der Waals surface area (Å²) in [7, 11) is 0. The summed E-state index contributed by atoms with van der Waals surface area (Å²) in [6, 6.07) is 4.27. The van der Waals surface area contributed by atoms with Crippen LogP contribution in [0.4, 0.5) is 0 Å². The number of halogens is 1. The first-order valence-corrected chi connectivity index (χ1v) is 9.86. The summed E-state index contributed by atoms with van der Waals surface area (Å²) in [6.07, 6.45) is 3.55. The van der Waals surface area contributed by atoms with E-state index in [1.165, 1.54) is 12.8 Å². The molecule has 27 heavy (non-hydrogen) atoms. The van der Waals surface area contributed by atoms with E-state index in [0.29, 0.717) is 12.5 Å². The number of guanidine groups is 1. The lowest BCUT2D eigenvalue weighted by atomic mass is 10.2. The van der Waals surface area contributed by atoms with E-state index in [1.54, 1.807) is 0 Å². The molecule has 2 saturated heterocycles. The van der Waals surface area contributed by atoms with Crippen LogP contribution in [0, 0.1) is 6.92 Å². The zero-order chi connectivity index (χ0) is 18.2. The first-order valence-electron chi connectivity index (χ1n) is 9.86. The average molecular weight is 491 g/mol. The van der Waals surface area contributed by atoms with E-state index in [0.717, 1.165) is 70.4 Å². The van der Waals surface area contributed by atoms with Gasteiger partial charge in [0.1, 0.15) is 11.5 Å². The molecule has 2 fully saturated rings. The molecule has 0 spiro atoms. The van der Waals surface area contributed by atoms with E-state index in [4.69, 9.17) is 14.9 Å². The van der Waals surface area contributed by atoms with Gasteiger partial charge in [0.05, 0.1) is 25.8 Å². The zero-order valence-electron chi connectivity index (χ0n) is 16.4. The number of rotatable bonds is 8. The Bertz CT molecular complexity index is 568. The first-order chi connectivity index (χ1) is 12.7. The maximum atomic E-state index is 6.08. The molecule has 0 bridgehead atoms. The van der Waals surface area contributed by atoms with E-state index >= 15 is 0 Å². The number of hydrogen-bond acceptors (Lipinski definition) is 5. The van der Waals surface area contributed by atoms with Crippen molar-refractivity contribution in [3.05, 3.63) is 23.7 Å². The van der Waals surface area contributed by atoms with Gasteiger partial charge in [-0.05, 0) is 58.0 Å². The summed E-state index contributed by atoms with van der Waals surface area (Å²) in [4.78, 5) is 9.47. The third-order valence-corrected chi connectivity index (χ3v) is 5.17. The molecule has 0 aliphatic carbocycles. The summed E-state index contributed by atoms with van der Waals surface area (Å²) in [5.74, 6) is 2.47. The molecule has 0 saturated carbocycles. The molecule has 8 heteroatoms. The minimum absolute atomic E-state index is 0. The summed E-state index contributed by atoms with van der Waals surface area (Å²) in [5.41, 5.74) is 6.08. The topological polar surface area (TPSA) is 79.3 Å². The van der Waals surface area contributed by atoms with Crippen molar-refractivity contribution in [2.45, 2.75) is 32.2 Å². The summed E-state index contributed by atoms with van der Waals surface area (Å²) in [5, 5.41) is 3.25. The molecule has 2 aliphatic rings. The smallest absolute Gasteiger partial charge is 0.188 e. The van der Waals surface area contributed by atoms with Crippen molar-refractivity contribution in [1.29, 1.82) is 0 Å².